The monoisotopic (exact) mass is 385 g/mol. The molecule has 2 atom stereocenters. The Bertz CT molecular complexity index is 976. The van der Waals surface area contributed by atoms with Crippen molar-refractivity contribution in [2.24, 2.45) is 7.05 Å². The highest BCUT2D eigenvalue weighted by molar-refractivity contribution is 6.00. The lowest BCUT2D eigenvalue weighted by Crippen LogP contribution is -2.49. The number of piperazine rings is 1. The van der Waals surface area contributed by atoms with E-state index in [0.29, 0.717) is 12.5 Å². The van der Waals surface area contributed by atoms with Gasteiger partial charge in [0.15, 0.2) is 0 Å². The highest BCUT2D eigenvalue weighted by Gasteiger charge is 2.31. The van der Waals surface area contributed by atoms with Crippen LogP contribution in [0.3, 0.4) is 0 Å². The maximum absolute atomic E-state index is 12.8. The van der Waals surface area contributed by atoms with Gasteiger partial charge in [0.05, 0.1) is 11.0 Å². The lowest BCUT2D eigenvalue weighted by molar-refractivity contribution is -0.135. The molecule has 0 spiro atoms. The van der Waals surface area contributed by atoms with Gasteiger partial charge in [-0.25, -0.2) is 4.79 Å². The minimum atomic E-state index is -0.637. The van der Waals surface area contributed by atoms with Crippen molar-refractivity contribution in [1.29, 1.82) is 0 Å². The standard InChI is InChI=1S/C20H27N5O3/c1-23-10-9-21-12-14(23)5-3-13-4-6-15-17(11-13)24(2)20(28)25(15)16-7-8-18(26)22-19(16)27/h4,6,11,14,16,21H,3,5,7-10,12H2,1-2H3,(H,22,26,27)/t14-,16?/m0/s1. The second-order valence-corrected chi connectivity index (χ2v) is 7.88. The molecule has 2 N–H and O–H groups in total. The van der Waals surface area contributed by atoms with Gasteiger partial charge in [-0.2, -0.15) is 0 Å². The molecule has 1 aromatic carbocycles. The van der Waals surface area contributed by atoms with Crippen molar-refractivity contribution in [3.8, 4) is 0 Å². The molecule has 2 fully saturated rings. The van der Waals surface area contributed by atoms with Gasteiger partial charge in [0.2, 0.25) is 11.8 Å². The molecule has 0 aliphatic carbocycles. The summed E-state index contributed by atoms with van der Waals surface area (Å²) in [6, 6.07) is 5.90. The third-order valence-electron chi connectivity index (χ3n) is 6.09. The van der Waals surface area contributed by atoms with E-state index in [-0.39, 0.29) is 18.0 Å². The molecule has 2 aliphatic heterocycles. The van der Waals surface area contributed by atoms with Crippen LogP contribution in [0.15, 0.2) is 23.0 Å². The van der Waals surface area contributed by atoms with Crippen molar-refractivity contribution in [2.45, 2.75) is 37.8 Å². The summed E-state index contributed by atoms with van der Waals surface area (Å²) in [5, 5.41) is 5.79. The fourth-order valence-corrected chi connectivity index (χ4v) is 4.31. The maximum atomic E-state index is 12.8. The normalized spacial score (nSPS) is 23.9. The number of rotatable bonds is 4. The summed E-state index contributed by atoms with van der Waals surface area (Å²) in [7, 11) is 3.90. The number of imide groups is 1. The van der Waals surface area contributed by atoms with Crippen LogP contribution in [-0.2, 0) is 23.1 Å². The Hall–Kier alpha value is -2.45. The highest BCUT2D eigenvalue weighted by Crippen LogP contribution is 2.24. The van der Waals surface area contributed by atoms with Gasteiger partial charge < -0.3 is 10.2 Å². The number of benzene rings is 1. The van der Waals surface area contributed by atoms with Crippen LogP contribution >= 0.6 is 0 Å². The minimum absolute atomic E-state index is 0.224. The molecule has 150 valence electrons. The van der Waals surface area contributed by atoms with E-state index in [1.165, 1.54) is 10.1 Å². The van der Waals surface area contributed by atoms with Crippen molar-refractivity contribution >= 4 is 22.8 Å². The molecule has 0 bridgehead atoms. The number of nitrogens with zero attached hydrogens (tertiary/aromatic N) is 3. The number of hydrogen-bond donors (Lipinski definition) is 2. The number of carbonyl (C=O) groups excluding carboxylic acids is 2. The largest absolute Gasteiger partial charge is 0.329 e. The zero-order valence-corrected chi connectivity index (χ0v) is 16.4. The molecule has 8 nitrogen and oxygen atoms in total. The topological polar surface area (TPSA) is 88.4 Å². The number of fused-ring (bicyclic) bond motifs is 1. The van der Waals surface area contributed by atoms with E-state index in [4.69, 9.17) is 0 Å². The quantitative estimate of drug-likeness (QED) is 0.732. The molecule has 2 aromatic rings. The Morgan fingerprint density at radius 2 is 1.96 bits per heavy atom. The van der Waals surface area contributed by atoms with Gasteiger partial charge in [-0.15, -0.1) is 0 Å². The van der Waals surface area contributed by atoms with E-state index in [1.54, 1.807) is 11.6 Å². The third-order valence-corrected chi connectivity index (χ3v) is 6.09. The molecule has 0 saturated carbocycles. The van der Waals surface area contributed by atoms with Crippen LogP contribution in [0.4, 0.5) is 0 Å². The molecule has 28 heavy (non-hydrogen) atoms. The predicted molar refractivity (Wildman–Crippen MR) is 106 cm³/mol. The van der Waals surface area contributed by atoms with E-state index in [0.717, 1.165) is 43.5 Å². The predicted octanol–water partition coefficient (Wildman–Crippen LogP) is 0.154. The van der Waals surface area contributed by atoms with Crippen LogP contribution in [0, 0.1) is 0 Å². The molecule has 1 unspecified atom stereocenters. The Labute approximate surface area is 163 Å². The fraction of sp³-hybridized carbons (Fsp3) is 0.550. The van der Waals surface area contributed by atoms with E-state index in [9.17, 15) is 14.4 Å². The van der Waals surface area contributed by atoms with Crippen LogP contribution < -0.4 is 16.3 Å². The second kappa shape index (κ2) is 7.52. The molecule has 8 heteroatoms. The summed E-state index contributed by atoms with van der Waals surface area (Å²) in [6.45, 7) is 3.10. The molecular formula is C20H27N5O3. The van der Waals surface area contributed by atoms with E-state index < -0.39 is 11.9 Å². The smallest absolute Gasteiger partial charge is 0.314 e. The number of likely N-dealkylation sites (N-methyl/N-ethyl adjacent to an activating group) is 1. The summed E-state index contributed by atoms with van der Waals surface area (Å²) in [6.07, 6.45) is 2.59. The van der Waals surface area contributed by atoms with Gasteiger partial charge in [-0.3, -0.25) is 24.0 Å². The van der Waals surface area contributed by atoms with Crippen LogP contribution in [0.1, 0.15) is 30.9 Å². The molecule has 2 saturated heterocycles. The van der Waals surface area contributed by atoms with Crippen molar-refractivity contribution in [2.75, 3.05) is 26.7 Å². The molecule has 3 heterocycles. The van der Waals surface area contributed by atoms with Gasteiger partial charge in [-0.05, 0) is 44.0 Å². The first kappa shape index (κ1) is 18.9. The average Bonchev–Trinajstić information content (AvgIpc) is 2.92. The lowest BCUT2D eigenvalue weighted by Gasteiger charge is -2.33. The zero-order chi connectivity index (χ0) is 19.8. The number of hydrogen-bond acceptors (Lipinski definition) is 5. The van der Waals surface area contributed by atoms with E-state index >= 15 is 0 Å². The number of nitrogens with one attached hydrogen (secondary N) is 2. The first-order chi connectivity index (χ1) is 13.5. The third kappa shape index (κ3) is 3.38. The number of aryl methyl sites for hydroxylation is 2. The second-order valence-electron chi connectivity index (χ2n) is 7.88. The van der Waals surface area contributed by atoms with E-state index in [1.807, 2.05) is 12.1 Å². The van der Waals surface area contributed by atoms with Gasteiger partial charge in [0, 0.05) is 39.1 Å². The van der Waals surface area contributed by atoms with Crippen molar-refractivity contribution in [1.82, 2.24) is 24.7 Å². The minimum Gasteiger partial charge on any atom is -0.314 e. The van der Waals surface area contributed by atoms with Crippen molar-refractivity contribution in [3.63, 3.8) is 0 Å². The Morgan fingerprint density at radius 1 is 1.14 bits per heavy atom. The number of imidazole rings is 1. The summed E-state index contributed by atoms with van der Waals surface area (Å²) in [4.78, 5) is 38.9. The van der Waals surface area contributed by atoms with Gasteiger partial charge >= 0.3 is 5.69 Å². The molecule has 4 rings (SSSR count). The highest BCUT2D eigenvalue weighted by atomic mass is 16.2. The first-order valence-corrected chi connectivity index (χ1v) is 9.90. The van der Waals surface area contributed by atoms with Crippen molar-refractivity contribution in [3.05, 3.63) is 34.2 Å². The summed E-state index contributed by atoms with van der Waals surface area (Å²) < 4.78 is 3.12. The van der Waals surface area contributed by atoms with Gasteiger partial charge in [-0.1, -0.05) is 6.07 Å². The first-order valence-electron chi connectivity index (χ1n) is 9.90. The summed E-state index contributed by atoms with van der Waals surface area (Å²) in [5.74, 6) is -0.679. The maximum Gasteiger partial charge on any atom is 0.329 e. The molecule has 2 aliphatic rings. The molecule has 1 aromatic heterocycles. The lowest BCUT2D eigenvalue weighted by atomic mass is 10.0. The van der Waals surface area contributed by atoms with Crippen LogP contribution in [0.2, 0.25) is 0 Å². The Kier molecular flexibility index (Phi) is 5.07. The van der Waals surface area contributed by atoms with Gasteiger partial charge in [0.1, 0.15) is 6.04 Å². The number of amides is 2. The Balaban J connectivity index is 1.60. The zero-order valence-electron chi connectivity index (χ0n) is 16.4. The summed E-state index contributed by atoms with van der Waals surface area (Å²) in [5.41, 5.74) is 2.52. The molecule has 0 radical (unpaired) electrons. The average molecular weight is 385 g/mol. The SMILES string of the molecule is CN1CCNC[C@@H]1CCc1ccc2c(c1)n(C)c(=O)n2C1CCC(=O)NC1=O. The van der Waals surface area contributed by atoms with Crippen molar-refractivity contribution < 1.29 is 9.59 Å². The van der Waals surface area contributed by atoms with Crippen LogP contribution in [0.5, 0.6) is 0 Å². The fourth-order valence-electron chi connectivity index (χ4n) is 4.31. The van der Waals surface area contributed by atoms with Crippen LogP contribution in [0.25, 0.3) is 11.0 Å². The number of carbonyl (C=O) groups is 2. The Morgan fingerprint density at radius 3 is 2.71 bits per heavy atom. The molecular weight excluding hydrogens is 358 g/mol. The number of piperidine rings is 1. The molecule has 2 amide bonds. The number of aromatic nitrogens is 2. The van der Waals surface area contributed by atoms with E-state index in [2.05, 4.69) is 28.6 Å². The summed E-state index contributed by atoms with van der Waals surface area (Å²) >= 11 is 0. The van der Waals surface area contributed by atoms with Crippen LogP contribution in [-0.4, -0.2) is 58.6 Å². The van der Waals surface area contributed by atoms with Gasteiger partial charge in [0.25, 0.3) is 0 Å².